The summed E-state index contributed by atoms with van der Waals surface area (Å²) in [6, 6.07) is 30.1. The normalized spacial score (nSPS) is 12.4. The van der Waals surface area contributed by atoms with Crippen molar-refractivity contribution in [2.45, 2.75) is 104 Å². The van der Waals surface area contributed by atoms with Crippen LogP contribution in [0.25, 0.3) is 66.7 Å². The smallest absolute Gasteiger partial charge is 0.216 e. The largest absolute Gasteiger partial charge is 0.486 e. The topological polar surface area (TPSA) is 69.6 Å². The van der Waals surface area contributed by atoms with E-state index in [0.29, 0.717) is 11.6 Å². The number of fused-ring (bicyclic) bond motifs is 6. The zero-order valence-corrected chi connectivity index (χ0v) is 40.3. The quantitative estimate of drug-likeness (QED) is 0.127. The predicted octanol–water partition coefficient (Wildman–Crippen LogP) is 12.3. The molecule has 1 radical (unpaired) electrons. The van der Waals surface area contributed by atoms with Crippen LogP contribution >= 0.6 is 0 Å². The van der Waals surface area contributed by atoms with E-state index >= 15 is 0 Å². The van der Waals surface area contributed by atoms with E-state index in [1.165, 1.54) is 11.1 Å². The molecule has 0 amide bonds. The molecule has 8 heteroatoms. The van der Waals surface area contributed by atoms with Gasteiger partial charge in [0.1, 0.15) is 0 Å². The first-order chi connectivity index (χ1) is 26.3. The number of imidazole rings is 1. The Labute approximate surface area is 354 Å². The van der Waals surface area contributed by atoms with Gasteiger partial charge in [-0.3, -0.25) is 9.97 Å². The Kier molecular flexibility index (Phi) is 11.8. The maximum absolute atomic E-state index is 6.28. The van der Waals surface area contributed by atoms with Gasteiger partial charge in [-0.15, -0.1) is 17.7 Å². The molecule has 0 unspecified atom stereocenters. The van der Waals surface area contributed by atoms with Crippen molar-refractivity contribution in [3.8, 4) is 22.6 Å². The molecule has 0 spiro atoms. The first kappa shape index (κ1) is 42.4. The van der Waals surface area contributed by atoms with E-state index in [0.717, 1.165) is 78.6 Å². The molecule has 8 aromatic rings. The van der Waals surface area contributed by atoms with Gasteiger partial charge in [-0.1, -0.05) is 30.0 Å². The molecule has 6 nitrogen and oxygen atoms in total. The Morgan fingerprint density at radius 3 is 2.25 bits per heavy atom. The maximum atomic E-state index is 6.28. The van der Waals surface area contributed by atoms with Gasteiger partial charge in [-0.25, -0.2) is 4.98 Å². The zero-order valence-electron chi connectivity index (χ0n) is 35.8. The van der Waals surface area contributed by atoms with E-state index in [9.17, 15) is 0 Å². The van der Waals surface area contributed by atoms with Crippen molar-refractivity contribution in [2.75, 3.05) is 0 Å². The van der Waals surface area contributed by atoms with E-state index in [2.05, 4.69) is 156 Å². The van der Waals surface area contributed by atoms with Gasteiger partial charge in [-0.2, -0.15) is 0 Å². The van der Waals surface area contributed by atoms with Gasteiger partial charge in [0, 0.05) is 48.3 Å². The summed E-state index contributed by atoms with van der Waals surface area (Å²) in [6.07, 6.45) is 5.04. The summed E-state index contributed by atoms with van der Waals surface area (Å²) in [7, 11) is 0. The molecule has 0 bridgehead atoms. The van der Waals surface area contributed by atoms with Crippen molar-refractivity contribution in [3.05, 3.63) is 114 Å². The first-order valence-electron chi connectivity index (χ1n) is 19.8. The molecule has 0 saturated carbocycles. The third-order valence-electron chi connectivity index (χ3n) is 10.4. The van der Waals surface area contributed by atoms with Crippen molar-refractivity contribution in [1.82, 2.24) is 24.5 Å². The number of aryl methyl sites for hydroxylation is 2. The predicted molar refractivity (Wildman–Crippen MR) is 238 cm³/mol. The summed E-state index contributed by atoms with van der Waals surface area (Å²) in [4.78, 5) is 19.2. The van der Waals surface area contributed by atoms with Crippen LogP contribution in [0.15, 0.2) is 83.5 Å². The molecule has 0 atom stereocenters. The van der Waals surface area contributed by atoms with Crippen LogP contribution in [0.3, 0.4) is 0 Å². The number of nitrogens with zero attached hydrogens (tertiary/aromatic N) is 5. The summed E-state index contributed by atoms with van der Waals surface area (Å²) in [6.45, 7) is 22.0. The number of hydrogen-bond donors (Lipinski definition) is 0. The van der Waals surface area contributed by atoms with Gasteiger partial charge in [0.05, 0.1) is 28.0 Å². The summed E-state index contributed by atoms with van der Waals surface area (Å²) < 4.78 is 10.1. The third kappa shape index (κ3) is 8.53. The fraction of sp³-hybridized carbons (Fsp3) is 0.347. The minimum Gasteiger partial charge on any atom is -0.486 e. The maximum Gasteiger partial charge on any atom is 0.216 e. The second-order valence-electron chi connectivity index (χ2n) is 18.7. The van der Waals surface area contributed by atoms with Crippen molar-refractivity contribution >= 4 is 61.7 Å². The van der Waals surface area contributed by atoms with Crippen molar-refractivity contribution in [2.24, 2.45) is 5.92 Å². The van der Waals surface area contributed by atoms with E-state index in [4.69, 9.17) is 19.4 Å². The third-order valence-corrected chi connectivity index (χ3v) is 14.7. The average Bonchev–Trinajstić information content (AvgIpc) is 3.72. The molecule has 0 fully saturated rings. The first-order valence-corrected chi connectivity index (χ1v) is 27.2. The molecule has 57 heavy (non-hydrogen) atoms. The van der Waals surface area contributed by atoms with E-state index in [1.54, 1.807) is 10.6 Å². The summed E-state index contributed by atoms with van der Waals surface area (Å²) >= 11 is -1.90. The van der Waals surface area contributed by atoms with Crippen LogP contribution in [0.1, 0.15) is 77.8 Å². The SMILES string of the molecule is CC(C)Cc1cc(-c2[c-]cc(C(C)(C)C)cc2)nc[c]1[Ge]([CH3])([CH3])[CH3].Cc1ccc2ccc3nc(-c4[c-]cc(C)c5c4oc4ncccc45)n(C(C)(C)C)c3c2n1.[Ir]. The molecular formula is C49H55GeIrN5O-2. The van der Waals surface area contributed by atoms with E-state index in [1.807, 2.05) is 25.1 Å². The van der Waals surface area contributed by atoms with Crippen molar-refractivity contribution in [1.29, 1.82) is 0 Å². The number of benzene rings is 3. The second kappa shape index (κ2) is 15.9. The van der Waals surface area contributed by atoms with Gasteiger partial charge in [-0.05, 0) is 52.0 Å². The molecule has 297 valence electrons. The Morgan fingerprint density at radius 2 is 1.60 bits per heavy atom. The monoisotopic (exact) mass is 996 g/mol. The number of furan rings is 1. The van der Waals surface area contributed by atoms with Crippen LogP contribution in [0.2, 0.25) is 17.3 Å². The Hall–Kier alpha value is -4.17. The standard InChI is InChI=1S/C27H23N4O.C22H32GeN.Ir/c1-15-8-12-19(24-21(15)18-7-6-14-28-26(18)32-24)25-30-20-13-11-17-10-9-16(2)29-22(17)23(20)31(25)27(3,4)5;1-16(2)13-18-14-21(24-15-20(18)23(6,7)8)17-9-11-19(12-10-17)22(3,4)5;/h6-11,13-14H,1-5H3;9,11-12,14-16H,13H2,1-8H3;/q2*-1;. The van der Waals surface area contributed by atoms with Crippen molar-refractivity contribution < 1.29 is 24.5 Å². The van der Waals surface area contributed by atoms with Crippen LogP contribution in [0, 0.1) is 31.9 Å². The minimum absolute atomic E-state index is 0. The zero-order chi connectivity index (χ0) is 40.3. The summed E-state index contributed by atoms with van der Waals surface area (Å²) in [5, 5.41) is 3.18. The van der Waals surface area contributed by atoms with E-state index in [-0.39, 0.29) is 31.1 Å². The number of aromatic nitrogens is 5. The van der Waals surface area contributed by atoms with Crippen LogP contribution in [-0.4, -0.2) is 37.8 Å². The van der Waals surface area contributed by atoms with Crippen LogP contribution in [0.4, 0.5) is 0 Å². The van der Waals surface area contributed by atoms with Crippen LogP contribution < -0.4 is 4.40 Å². The Balaban J connectivity index is 0.000000198. The summed E-state index contributed by atoms with van der Waals surface area (Å²) in [5.74, 6) is 8.84. The fourth-order valence-corrected chi connectivity index (χ4v) is 11.0. The molecule has 3 aromatic carbocycles. The minimum atomic E-state index is -1.90. The molecule has 0 N–H and O–H groups in total. The van der Waals surface area contributed by atoms with Gasteiger partial charge in [0.2, 0.25) is 5.71 Å². The van der Waals surface area contributed by atoms with Gasteiger partial charge in [0.25, 0.3) is 0 Å². The molecule has 0 aliphatic carbocycles. The molecular weight excluding hydrogens is 939 g/mol. The molecule has 8 rings (SSSR count). The van der Waals surface area contributed by atoms with Crippen LogP contribution in [-0.2, 0) is 37.5 Å². The van der Waals surface area contributed by atoms with Crippen LogP contribution in [0.5, 0.6) is 0 Å². The second-order valence-corrected chi connectivity index (χ2v) is 29.3. The molecule has 5 aromatic heterocycles. The molecule has 0 aliphatic rings. The van der Waals surface area contributed by atoms with Gasteiger partial charge < -0.3 is 8.98 Å². The molecule has 0 saturated heterocycles. The Bertz CT molecular complexity index is 2720. The van der Waals surface area contributed by atoms with Gasteiger partial charge in [0.15, 0.2) is 0 Å². The Morgan fingerprint density at radius 1 is 0.860 bits per heavy atom. The average molecular weight is 995 g/mol. The van der Waals surface area contributed by atoms with E-state index < -0.39 is 13.3 Å². The molecule has 0 aliphatic heterocycles. The number of hydrogen-bond acceptors (Lipinski definition) is 5. The number of rotatable bonds is 5. The van der Waals surface area contributed by atoms with Gasteiger partial charge >= 0.3 is 151 Å². The fourth-order valence-electron chi connectivity index (χ4n) is 7.63. The molecule has 5 heterocycles. The van der Waals surface area contributed by atoms with Crippen molar-refractivity contribution in [3.63, 3.8) is 0 Å². The summed E-state index contributed by atoms with van der Waals surface area (Å²) in [5.41, 5.74) is 12.1. The number of pyridine rings is 3.